The molecule has 0 saturated carbocycles. The predicted molar refractivity (Wildman–Crippen MR) is 507 cm³/mol. The highest BCUT2D eigenvalue weighted by Crippen LogP contribution is 2.48. The third-order valence-electron chi connectivity index (χ3n) is 24.6. The number of furan rings is 4. The molecule has 16 aromatic carbocycles. The maximum atomic E-state index is 6.67. The molecule has 0 spiro atoms. The lowest BCUT2D eigenvalue weighted by Crippen LogP contribution is -2.10. The molecule has 8 aromatic heterocycles. The second kappa shape index (κ2) is 27.8. The molecule has 0 bridgehead atoms. The van der Waals surface area contributed by atoms with Crippen molar-refractivity contribution in [2.45, 2.75) is 105 Å². The van der Waals surface area contributed by atoms with Gasteiger partial charge in [-0.3, -0.25) is 0 Å². The highest BCUT2D eigenvalue weighted by atomic mass is 16.3. The summed E-state index contributed by atoms with van der Waals surface area (Å²) in [5, 5.41) is 19.1. The smallest absolute Gasteiger partial charge is 0.145 e. The first kappa shape index (κ1) is 73.5. The highest BCUT2D eigenvalue weighted by molar-refractivity contribution is 6.28. The van der Waals surface area contributed by atoms with Gasteiger partial charge in [0.2, 0.25) is 0 Å². The van der Waals surface area contributed by atoms with Gasteiger partial charge in [0, 0.05) is 92.9 Å². The lowest BCUT2D eigenvalue weighted by atomic mass is 9.86. The van der Waals surface area contributed by atoms with Gasteiger partial charge in [0.15, 0.2) is 0 Å². The SMILES string of the molecule is CC(C)(C)c1ccc(-n2c3ccccc3c3c4oc5ccccc5c4ccc32)cc1.CC(C)(C)c1ccc2c(c1)c1c3oc4ccccc4c3ccc1n2-c1ccccc1.CC(C)(C)c1ccc2oc3c(ccc4c3c3ccccc3n4-c3ccccc3)c2c1.CC(C)(C)c1cccc2c1oc1c2ccc2c1c1ccccc1n2-c1ccccc1. The van der Waals surface area contributed by atoms with Crippen LogP contribution in [-0.2, 0) is 21.7 Å². The van der Waals surface area contributed by atoms with Gasteiger partial charge in [0.05, 0.1) is 65.7 Å². The van der Waals surface area contributed by atoms with Gasteiger partial charge in [-0.25, -0.2) is 0 Å². The Balaban J connectivity index is 0.0000000990. The molecule has 0 fully saturated rings. The standard InChI is InChI=1S/4C28H23NO/c1-28(2,3)18-12-14-19(15-13-18)29-23-10-6-4-9-22(23)26-24(29)17-16-21-20-8-5-7-11-25(20)30-27(21)26;1-28(2,3)22-14-9-13-19-20-16-17-24-25(27(20)30-26(19)22)21-12-7-8-15-23(21)29(24)18-10-5-4-6-11-18;1-28(2,3)18-13-16-25-22(17-18)20-14-15-24-26(27(20)30-25)21-11-7-8-12-23(21)29(24)19-9-5-4-6-10-19;1-28(2,3)18-13-15-23-22(17-18)26-24(29(23)19-9-5-4-6-10-19)16-14-21-20-11-7-8-12-25(20)30-27(21)26/h4*4-17H,1-3H3. The molecule has 0 aliphatic carbocycles. The summed E-state index contributed by atoms with van der Waals surface area (Å²) in [5.74, 6) is 0. The molecule has 8 heterocycles. The second-order valence-electron chi connectivity index (χ2n) is 36.3. The highest BCUT2D eigenvalue weighted by Gasteiger charge is 2.28. The lowest BCUT2D eigenvalue weighted by Gasteiger charge is -2.19. The number of hydrogen-bond acceptors (Lipinski definition) is 4. The van der Waals surface area contributed by atoms with Crippen molar-refractivity contribution in [3.05, 3.63) is 362 Å². The Bertz CT molecular complexity index is 8150. The molecule has 0 amide bonds. The Hall–Kier alpha value is -14.1. The van der Waals surface area contributed by atoms with E-state index in [0.29, 0.717) is 0 Å². The Morgan fingerprint density at radius 1 is 0.175 bits per heavy atom. The summed E-state index contributed by atoms with van der Waals surface area (Å²) in [6, 6.07) is 121. The zero-order valence-corrected chi connectivity index (χ0v) is 69.8. The average molecular weight is 1560 g/mol. The van der Waals surface area contributed by atoms with Crippen LogP contribution in [0.4, 0.5) is 0 Å². The van der Waals surface area contributed by atoms with E-state index in [2.05, 4.69) is 423 Å². The lowest BCUT2D eigenvalue weighted by molar-refractivity contribution is 0.573. The molecule has 0 radical (unpaired) electrons. The molecule has 8 heteroatoms. The first-order valence-electron chi connectivity index (χ1n) is 41.9. The summed E-state index contributed by atoms with van der Waals surface area (Å²) in [4.78, 5) is 0. The number of para-hydroxylation sites is 9. The Labute approximate surface area is 695 Å². The maximum absolute atomic E-state index is 6.67. The van der Waals surface area contributed by atoms with E-state index in [4.69, 9.17) is 17.7 Å². The maximum Gasteiger partial charge on any atom is 0.145 e. The molecule has 24 rings (SSSR count). The van der Waals surface area contributed by atoms with Crippen LogP contribution in [0, 0.1) is 0 Å². The Kier molecular flexibility index (Phi) is 17.0. The first-order valence-corrected chi connectivity index (χ1v) is 41.9. The van der Waals surface area contributed by atoms with Crippen molar-refractivity contribution in [2.24, 2.45) is 0 Å². The van der Waals surface area contributed by atoms with E-state index in [1.807, 2.05) is 18.2 Å². The fourth-order valence-electron chi connectivity index (χ4n) is 18.6. The van der Waals surface area contributed by atoms with Crippen LogP contribution < -0.4 is 0 Å². The van der Waals surface area contributed by atoms with Crippen molar-refractivity contribution >= 4 is 175 Å². The van der Waals surface area contributed by atoms with E-state index in [9.17, 15) is 0 Å². The quantitative estimate of drug-likeness (QED) is 0.176. The third kappa shape index (κ3) is 12.0. The number of benzene rings is 16. The van der Waals surface area contributed by atoms with Gasteiger partial charge in [-0.1, -0.05) is 271 Å². The molecule has 0 unspecified atom stereocenters. The third-order valence-corrected chi connectivity index (χ3v) is 24.6. The van der Waals surface area contributed by atoms with Crippen molar-refractivity contribution in [2.75, 3.05) is 0 Å². The monoisotopic (exact) mass is 1560 g/mol. The largest absolute Gasteiger partial charge is 0.455 e. The topological polar surface area (TPSA) is 72.3 Å². The van der Waals surface area contributed by atoms with Gasteiger partial charge in [-0.2, -0.15) is 0 Å². The number of hydrogen-bond donors (Lipinski definition) is 0. The Morgan fingerprint density at radius 2 is 0.458 bits per heavy atom. The molecule has 0 aliphatic heterocycles. The minimum absolute atomic E-state index is 0.0184. The van der Waals surface area contributed by atoms with E-state index in [0.717, 1.165) is 61.7 Å². The molecule has 0 N–H and O–H groups in total. The van der Waals surface area contributed by atoms with Crippen LogP contribution in [0.5, 0.6) is 0 Å². The molecule has 0 atom stereocenters. The van der Waals surface area contributed by atoms with E-state index in [1.54, 1.807) is 0 Å². The van der Waals surface area contributed by atoms with Crippen molar-refractivity contribution in [3.63, 3.8) is 0 Å². The summed E-state index contributed by atoms with van der Waals surface area (Å²) >= 11 is 0. The minimum Gasteiger partial charge on any atom is -0.455 e. The molecular weight excluding hydrogens is 1470 g/mol. The second-order valence-corrected chi connectivity index (χ2v) is 36.3. The van der Waals surface area contributed by atoms with Crippen LogP contribution in [0.2, 0.25) is 0 Å². The zero-order chi connectivity index (χ0) is 81.8. The van der Waals surface area contributed by atoms with Gasteiger partial charge in [-0.05, 0) is 190 Å². The van der Waals surface area contributed by atoms with E-state index in [1.165, 1.54) is 158 Å². The summed E-state index contributed by atoms with van der Waals surface area (Å²) in [6.07, 6.45) is 0. The summed E-state index contributed by atoms with van der Waals surface area (Å²) < 4.78 is 35.3. The van der Waals surface area contributed by atoms with Crippen molar-refractivity contribution < 1.29 is 17.7 Å². The molecular formula is C112H92N4O4. The molecule has 584 valence electrons. The molecule has 120 heavy (non-hydrogen) atoms. The minimum atomic E-state index is 0.0184. The normalized spacial score (nSPS) is 12.5. The van der Waals surface area contributed by atoms with Crippen LogP contribution in [0.1, 0.15) is 105 Å². The van der Waals surface area contributed by atoms with Gasteiger partial charge in [-0.15, -0.1) is 0 Å². The van der Waals surface area contributed by atoms with Gasteiger partial charge in [0.1, 0.15) is 44.7 Å². The van der Waals surface area contributed by atoms with E-state index in [-0.39, 0.29) is 21.7 Å². The number of rotatable bonds is 4. The van der Waals surface area contributed by atoms with Gasteiger partial charge >= 0.3 is 0 Å². The molecule has 24 aromatic rings. The van der Waals surface area contributed by atoms with Crippen LogP contribution in [0.15, 0.2) is 357 Å². The van der Waals surface area contributed by atoms with Crippen molar-refractivity contribution in [1.82, 2.24) is 18.3 Å². The van der Waals surface area contributed by atoms with Crippen LogP contribution in [-0.4, -0.2) is 18.3 Å². The molecule has 0 aliphatic rings. The summed E-state index contributed by atoms with van der Waals surface area (Å²) in [7, 11) is 0. The van der Waals surface area contributed by atoms with E-state index >= 15 is 0 Å². The van der Waals surface area contributed by atoms with Crippen molar-refractivity contribution in [3.8, 4) is 22.7 Å². The fraction of sp³-hybridized carbons (Fsp3) is 0.143. The summed E-state index contributed by atoms with van der Waals surface area (Å²) in [5.41, 5.74) is 27.4. The number of aromatic nitrogens is 4. The molecule has 0 saturated heterocycles. The predicted octanol–water partition coefficient (Wildman–Crippen LogP) is 31.9. The summed E-state index contributed by atoms with van der Waals surface area (Å²) in [6.45, 7) is 27.0. The number of fused-ring (bicyclic) bond motifs is 28. The first-order chi connectivity index (χ1) is 58.1. The Morgan fingerprint density at radius 3 is 0.867 bits per heavy atom. The molecule has 8 nitrogen and oxygen atoms in total. The van der Waals surface area contributed by atoms with Crippen molar-refractivity contribution in [1.29, 1.82) is 0 Å². The number of nitrogens with zero attached hydrogens (tertiary/aromatic N) is 4. The van der Waals surface area contributed by atoms with Gasteiger partial charge in [0.25, 0.3) is 0 Å². The van der Waals surface area contributed by atoms with Crippen LogP contribution in [0.3, 0.4) is 0 Å². The fourth-order valence-corrected chi connectivity index (χ4v) is 18.6. The van der Waals surface area contributed by atoms with Crippen LogP contribution in [0.25, 0.3) is 198 Å². The average Bonchev–Trinajstić information content (AvgIpc) is 1.57. The zero-order valence-electron chi connectivity index (χ0n) is 69.8. The van der Waals surface area contributed by atoms with Gasteiger partial charge < -0.3 is 35.9 Å². The van der Waals surface area contributed by atoms with Crippen LogP contribution >= 0.6 is 0 Å². The van der Waals surface area contributed by atoms with E-state index < -0.39 is 0 Å².